The number of non-ortho nitro benzene ring substituents is 1. The van der Waals surface area contributed by atoms with E-state index in [1.807, 2.05) is 0 Å². The molecule has 0 atom stereocenters. The molecule has 132 valence electrons. The standard InChI is InChI=1S/C14H11F3N4O3S/c15-14(16,17)11-4-6-18-13(20-11)25-7-5-12(22)19-9-2-1-3-10(8-9)21(23)24/h1-4,6,8H,5,7H2,(H,19,22). The van der Waals surface area contributed by atoms with E-state index in [0.29, 0.717) is 0 Å². The Bertz CT molecular complexity index is 786. The van der Waals surface area contributed by atoms with Gasteiger partial charge in [0.2, 0.25) is 5.91 Å². The highest BCUT2D eigenvalue weighted by Crippen LogP contribution is 2.28. The number of carbonyl (C=O) groups is 1. The predicted octanol–water partition coefficient (Wildman–Crippen LogP) is 3.52. The number of nitrogens with one attached hydrogen (secondary N) is 1. The van der Waals surface area contributed by atoms with Gasteiger partial charge in [-0.25, -0.2) is 9.97 Å². The van der Waals surface area contributed by atoms with Crippen LogP contribution in [0.2, 0.25) is 0 Å². The van der Waals surface area contributed by atoms with Crippen LogP contribution in [0.3, 0.4) is 0 Å². The first-order valence-electron chi connectivity index (χ1n) is 6.83. The molecule has 0 fully saturated rings. The normalized spacial score (nSPS) is 11.2. The van der Waals surface area contributed by atoms with Gasteiger partial charge < -0.3 is 5.32 Å². The Morgan fingerprint density at radius 1 is 1.32 bits per heavy atom. The maximum atomic E-state index is 12.5. The topological polar surface area (TPSA) is 98.0 Å². The largest absolute Gasteiger partial charge is 0.433 e. The smallest absolute Gasteiger partial charge is 0.326 e. The van der Waals surface area contributed by atoms with Crippen LogP contribution in [0.15, 0.2) is 41.7 Å². The lowest BCUT2D eigenvalue weighted by Crippen LogP contribution is -2.12. The Balaban J connectivity index is 1.87. The van der Waals surface area contributed by atoms with Gasteiger partial charge in [-0.2, -0.15) is 13.2 Å². The zero-order valence-corrected chi connectivity index (χ0v) is 13.3. The fourth-order valence-electron chi connectivity index (χ4n) is 1.72. The zero-order valence-electron chi connectivity index (χ0n) is 12.5. The third-order valence-electron chi connectivity index (χ3n) is 2.82. The molecule has 0 radical (unpaired) electrons. The van der Waals surface area contributed by atoms with Crippen molar-refractivity contribution >= 4 is 29.0 Å². The fraction of sp³-hybridized carbons (Fsp3) is 0.214. The van der Waals surface area contributed by atoms with Crippen LogP contribution in [-0.2, 0) is 11.0 Å². The number of alkyl halides is 3. The number of nitrogens with zero attached hydrogens (tertiary/aromatic N) is 3. The molecule has 1 amide bonds. The van der Waals surface area contributed by atoms with Crippen LogP contribution in [0.25, 0.3) is 0 Å². The van der Waals surface area contributed by atoms with Crippen molar-refractivity contribution in [3.8, 4) is 0 Å². The van der Waals surface area contributed by atoms with E-state index in [1.54, 1.807) is 0 Å². The molecule has 2 aromatic rings. The second kappa shape index (κ2) is 7.92. The summed E-state index contributed by atoms with van der Waals surface area (Å²) in [7, 11) is 0. The van der Waals surface area contributed by atoms with Crippen molar-refractivity contribution in [1.29, 1.82) is 0 Å². The molecule has 0 spiro atoms. The van der Waals surface area contributed by atoms with E-state index < -0.39 is 22.7 Å². The lowest BCUT2D eigenvalue weighted by molar-refractivity contribution is -0.384. The van der Waals surface area contributed by atoms with Gasteiger partial charge in [0.25, 0.3) is 5.69 Å². The van der Waals surface area contributed by atoms with Crippen molar-refractivity contribution in [2.75, 3.05) is 11.1 Å². The Hall–Kier alpha value is -2.69. The number of halogens is 3. The van der Waals surface area contributed by atoms with Gasteiger partial charge in [0.15, 0.2) is 5.16 Å². The molecule has 0 aliphatic rings. The lowest BCUT2D eigenvalue weighted by atomic mass is 10.3. The van der Waals surface area contributed by atoms with E-state index in [9.17, 15) is 28.1 Å². The first kappa shape index (κ1) is 18.6. The summed E-state index contributed by atoms with van der Waals surface area (Å²) in [6.07, 6.45) is -3.58. The van der Waals surface area contributed by atoms with E-state index in [4.69, 9.17) is 0 Å². The summed E-state index contributed by atoms with van der Waals surface area (Å²) >= 11 is 0.906. The number of amides is 1. The SMILES string of the molecule is O=C(CCSc1nccc(C(F)(F)F)n1)Nc1cccc([N+](=O)[O-])c1. The molecule has 0 unspecified atom stereocenters. The van der Waals surface area contributed by atoms with E-state index >= 15 is 0 Å². The molecule has 7 nitrogen and oxygen atoms in total. The average Bonchev–Trinajstić information content (AvgIpc) is 2.54. The highest BCUT2D eigenvalue weighted by molar-refractivity contribution is 7.99. The predicted molar refractivity (Wildman–Crippen MR) is 84.1 cm³/mol. The maximum Gasteiger partial charge on any atom is 0.433 e. The van der Waals surface area contributed by atoms with Crippen molar-refractivity contribution in [3.05, 3.63) is 52.3 Å². The number of rotatable bonds is 6. The monoisotopic (exact) mass is 372 g/mol. The Morgan fingerprint density at radius 2 is 2.08 bits per heavy atom. The number of carbonyl (C=O) groups excluding carboxylic acids is 1. The summed E-state index contributed by atoms with van der Waals surface area (Å²) in [6, 6.07) is 6.18. The molecule has 1 aromatic heterocycles. The molecule has 0 bridgehead atoms. The van der Waals surface area contributed by atoms with Gasteiger partial charge in [-0.1, -0.05) is 17.8 Å². The Labute approximate surface area is 143 Å². The summed E-state index contributed by atoms with van der Waals surface area (Å²) in [5.41, 5.74) is -0.949. The van der Waals surface area contributed by atoms with E-state index in [1.165, 1.54) is 24.3 Å². The van der Waals surface area contributed by atoms with Gasteiger partial charge in [-0.15, -0.1) is 0 Å². The van der Waals surface area contributed by atoms with Crippen LogP contribution in [0.1, 0.15) is 12.1 Å². The van der Waals surface area contributed by atoms with Gasteiger partial charge in [-0.05, 0) is 12.1 Å². The van der Waals surface area contributed by atoms with Crippen LogP contribution in [0, 0.1) is 10.1 Å². The van der Waals surface area contributed by atoms with Gasteiger partial charge in [0.1, 0.15) is 5.69 Å². The maximum absolute atomic E-state index is 12.5. The molecule has 11 heteroatoms. The number of hydrogen-bond donors (Lipinski definition) is 1. The lowest BCUT2D eigenvalue weighted by Gasteiger charge is -2.07. The molecule has 0 saturated heterocycles. The van der Waals surface area contributed by atoms with Gasteiger partial charge in [-0.3, -0.25) is 14.9 Å². The molecule has 0 aliphatic heterocycles. The van der Waals surface area contributed by atoms with Crippen LogP contribution in [0.5, 0.6) is 0 Å². The number of anilines is 1. The number of nitro groups is 1. The quantitative estimate of drug-likeness (QED) is 0.361. The van der Waals surface area contributed by atoms with Crippen LogP contribution in [-0.4, -0.2) is 26.6 Å². The molecule has 2 rings (SSSR count). The van der Waals surface area contributed by atoms with Gasteiger partial charge in [0.05, 0.1) is 4.92 Å². The van der Waals surface area contributed by atoms with Crippen LogP contribution in [0.4, 0.5) is 24.5 Å². The van der Waals surface area contributed by atoms with Crippen molar-refractivity contribution in [1.82, 2.24) is 9.97 Å². The second-order valence-electron chi connectivity index (χ2n) is 4.68. The van der Waals surface area contributed by atoms with Crippen molar-refractivity contribution < 1.29 is 22.9 Å². The van der Waals surface area contributed by atoms with Gasteiger partial charge >= 0.3 is 6.18 Å². The average molecular weight is 372 g/mol. The number of nitro benzene ring substituents is 1. The molecule has 1 aromatic carbocycles. The second-order valence-corrected chi connectivity index (χ2v) is 5.74. The van der Waals surface area contributed by atoms with E-state index in [2.05, 4.69) is 15.3 Å². The number of thioether (sulfide) groups is 1. The molecule has 0 saturated carbocycles. The molecule has 0 aliphatic carbocycles. The van der Waals surface area contributed by atoms with Crippen molar-refractivity contribution in [3.63, 3.8) is 0 Å². The summed E-state index contributed by atoms with van der Waals surface area (Å²) in [6.45, 7) is 0. The van der Waals surface area contributed by atoms with Crippen LogP contribution >= 0.6 is 11.8 Å². The molecule has 25 heavy (non-hydrogen) atoms. The minimum atomic E-state index is -4.56. The molecule has 1 heterocycles. The van der Waals surface area contributed by atoms with Crippen molar-refractivity contribution in [2.45, 2.75) is 17.8 Å². The number of benzene rings is 1. The zero-order chi connectivity index (χ0) is 18.4. The highest BCUT2D eigenvalue weighted by atomic mass is 32.2. The Kier molecular flexibility index (Phi) is 5.91. The van der Waals surface area contributed by atoms with Gasteiger partial charge in [0, 0.05) is 36.2 Å². The number of hydrogen-bond acceptors (Lipinski definition) is 6. The third kappa shape index (κ3) is 5.71. The summed E-state index contributed by atoms with van der Waals surface area (Å²) < 4.78 is 37.6. The van der Waals surface area contributed by atoms with E-state index in [-0.39, 0.29) is 28.7 Å². The number of aromatic nitrogens is 2. The first-order chi connectivity index (χ1) is 11.8. The fourth-order valence-corrected chi connectivity index (χ4v) is 2.49. The van der Waals surface area contributed by atoms with E-state index in [0.717, 1.165) is 24.0 Å². The summed E-state index contributed by atoms with van der Waals surface area (Å²) in [5, 5.41) is 13.1. The summed E-state index contributed by atoms with van der Waals surface area (Å²) in [5.74, 6) is -0.276. The third-order valence-corrected chi connectivity index (χ3v) is 3.69. The Morgan fingerprint density at radius 3 is 2.76 bits per heavy atom. The first-order valence-corrected chi connectivity index (χ1v) is 7.81. The highest BCUT2D eigenvalue weighted by Gasteiger charge is 2.32. The summed E-state index contributed by atoms with van der Waals surface area (Å²) in [4.78, 5) is 29.0. The molecule has 1 N–H and O–H groups in total. The minimum absolute atomic E-state index is 0.0209. The van der Waals surface area contributed by atoms with Crippen LogP contribution < -0.4 is 5.32 Å². The molecular formula is C14H11F3N4O3S. The minimum Gasteiger partial charge on any atom is -0.326 e. The molecular weight excluding hydrogens is 361 g/mol. The van der Waals surface area contributed by atoms with Crippen molar-refractivity contribution in [2.24, 2.45) is 0 Å².